The Labute approximate surface area is 147 Å². The van der Waals surface area contributed by atoms with Gasteiger partial charge in [-0.05, 0) is 44.9 Å². The van der Waals surface area contributed by atoms with Gasteiger partial charge in [-0.3, -0.25) is 0 Å². The molecule has 2 amide bonds. The molecule has 0 aliphatic heterocycles. The topological polar surface area (TPSA) is 87.4 Å². The SMILES string of the molecule is Cc1nc(-c2cccc(NC(=O)NC3CCCC3(C)CO)c2)oc1C. The van der Waals surface area contributed by atoms with Crippen LogP contribution in [0.4, 0.5) is 10.5 Å². The van der Waals surface area contributed by atoms with E-state index in [-0.39, 0.29) is 24.1 Å². The first kappa shape index (κ1) is 17.5. The Morgan fingerprint density at radius 3 is 2.92 bits per heavy atom. The molecular weight excluding hydrogens is 318 g/mol. The van der Waals surface area contributed by atoms with Gasteiger partial charge in [-0.2, -0.15) is 0 Å². The van der Waals surface area contributed by atoms with Crippen LogP contribution in [0, 0.1) is 19.3 Å². The highest BCUT2D eigenvalue weighted by molar-refractivity contribution is 5.90. The lowest BCUT2D eigenvalue weighted by molar-refractivity contribution is 0.122. The maximum Gasteiger partial charge on any atom is 0.319 e. The summed E-state index contributed by atoms with van der Waals surface area (Å²) < 4.78 is 5.64. The molecule has 2 unspecified atom stereocenters. The second-order valence-corrected chi connectivity index (χ2v) is 7.10. The van der Waals surface area contributed by atoms with Gasteiger partial charge in [-0.25, -0.2) is 9.78 Å². The van der Waals surface area contributed by atoms with Crippen LogP contribution in [-0.2, 0) is 0 Å². The van der Waals surface area contributed by atoms with Gasteiger partial charge < -0.3 is 20.2 Å². The predicted molar refractivity (Wildman–Crippen MR) is 96.4 cm³/mol. The third-order valence-electron chi connectivity index (χ3n) is 5.14. The molecule has 1 fully saturated rings. The number of rotatable bonds is 4. The molecule has 3 rings (SSSR count). The highest BCUT2D eigenvalue weighted by Crippen LogP contribution is 2.37. The van der Waals surface area contributed by atoms with Crippen molar-refractivity contribution in [2.75, 3.05) is 11.9 Å². The average Bonchev–Trinajstić information content (AvgIpc) is 3.11. The monoisotopic (exact) mass is 343 g/mol. The summed E-state index contributed by atoms with van der Waals surface area (Å²) in [4.78, 5) is 16.7. The zero-order valence-corrected chi connectivity index (χ0v) is 14.9. The zero-order valence-electron chi connectivity index (χ0n) is 14.9. The first-order valence-electron chi connectivity index (χ1n) is 8.64. The van der Waals surface area contributed by atoms with E-state index in [2.05, 4.69) is 15.6 Å². The fourth-order valence-corrected chi connectivity index (χ4v) is 3.32. The third kappa shape index (κ3) is 3.69. The van der Waals surface area contributed by atoms with Gasteiger partial charge in [0.25, 0.3) is 0 Å². The van der Waals surface area contributed by atoms with Gasteiger partial charge in [-0.15, -0.1) is 0 Å². The number of anilines is 1. The van der Waals surface area contributed by atoms with Gasteiger partial charge in [-0.1, -0.05) is 19.4 Å². The van der Waals surface area contributed by atoms with Crippen molar-refractivity contribution < 1.29 is 14.3 Å². The number of aryl methyl sites for hydroxylation is 2. The number of carbonyl (C=O) groups excluding carboxylic acids is 1. The number of benzene rings is 1. The Kier molecular flexibility index (Phi) is 4.81. The fourth-order valence-electron chi connectivity index (χ4n) is 3.32. The van der Waals surface area contributed by atoms with Crippen molar-refractivity contribution in [3.05, 3.63) is 35.7 Å². The number of carbonyl (C=O) groups is 1. The van der Waals surface area contributed by atoms with Gasteiger partial charge in [0, 0.05) is 22.7 Å². The van der Waals surface area contributed by atoms with E-state index in [1.54, 1.807) is 0 Å². The number of hydrogen-bond acceptors (Lipinski definition) is 4. The lowest BCUT2D eigenvalue weighted by Crippen LogP contribution is -2.46. The molecule has 6 heteroatoms. The first-order valence-corrected chi connectivity index (χ1v) is 8.64. The van der Waals surface area contributed by atoms with Crippen molar-refractivity contribution in [2.45, 2.75) is 46.1 Å². The van der Waals surface area contributed by atoms with Gasteiger partial charge in [0.05, 0.1) is 12.3 Å². The first-order chi connectivity index (χ1) is 11.9. The maximum atomic E-state index is 12.3. The second-order valence-electron chi connectivity index (χ2n) is 7.10. The van der Waals surface area contributed by atoms with Gasteiger partial charge in [0.15, 0.2) is 0 Å². The van der Waals surface area contributed by atoms with E-state index in [1.165, 1.54) is 0 Å². The van der Waals surface area contributed by atoms with Crippen molar-refractivity contribution in [2.24, 2.45) is 5.41 Å². The fraction of sp³-hybridized carbons (Fsp3) is 0.474. The van der Waals surface area contributed by atoms with Crippen molar-refractivity contribution in [1.29, 1.82) is 0 Å². The van der Waals surface area contributed by atoms with Crippen LogP contribution in [0.3, 0.4) is 0 Å². The number of aliphatic hydroxyl groups excluding tert-OH is 1. The maximum absolute atomic E-state index is 12.3. The van der Waals surface area contributed by atoms with E-state index in [1.807, 2.05) is 45.0 Å². The Morgan fingerprint density at radius 1 is 1.44 bits per heavy atom. The Balaban J connectivity index is 1.69. The van der Waals surface area contributed by atoms with Crippen LogP contribution in [0.15, 0.2) is 28.7 Å². The minimum atomic E-state index is -0.261. The van der Waals surface area contributed by atoms with E-state index in [0.717, 1.165) is 36.3 Å². The number of oxazole rings is 1. The third-order valence-corrected chi connectivity index (χ3v) is 5.14. The van der Waals surface area contributed by atoms with E-state index in [0.29, 0.717) is 11.6 Å². The van der Waals surface area contributed by atoms with Crippen LogP contribution in [0.2, 0.25) is 0 Å². The molecule has 1 aliphatic rings. The number of nitrogens with one attached hydrogen (secondary N) is 2. The Morgan fingerprint density at radius 2 is 2.24 bits per heavy atom. The Bertz CT molecular complexity index is 752. The minimum Gasteiger partial charge on any atom is -0.441 e. The van der Waals surface area contributed by atoms with Crippen LogP contribution in [0.1, 0.15) is 37.6 Å². The number of nitrogens with zero attached hydrogens (tertiary/aromatic N) is 1. The predicted octanol–water partition coefficient (Wildman–Crippen LogP) is 3.63. The van der Waals surface area contributed by atoms with Crippen molar-refractivity contribution in [1.82, 2.24) is 10.3 Å². The summed E-state index contributed by atoms with van der Waals surface area (Å²) in [5.74, 6) is 1.33. The van der Waals surface area contributed by atoms with Crippen LogP contribution < -0.4 is 10.6 Å². The number of aromatic nitrogens is 1. The average molecular weight is 343 g/mol. The highest BCUT2D eigenvalue weighted by atomic mass is 16.4. The quantitative estimate of drug-likeness (QED) is 0.791. The molecule has 1 aliphatic carbocycles. The highest BCUT2D eigenvalue weighted by Gasteiger charge is 2.39. The molecule has 134 valence electrons. The molecule has 6 nitrogen and oxygen atoms in total. The summed E-state index contributed by atoms with van der Waals surface area (Å²) in [6, 6.07) is 7.14. The second kappa shape index (κ2) is 6.88. The lowest BCUT2D eigenvalue weighted by Gasteiger charge is -2.30. The van der Waals surface area contributed by atoms with Crippen molar-refractivity contribution >= 4 is 11.7 Å². The molecule has 2 atom stereocenters. The molecule has 1 saturated carbocycles. The van der Waals surface area contributed by atoms with E-state index >= 15 is 0 Å². The number of amides is 2. The standard InChI is InChI=1S/C19H25N3O3/c1-12-13(2)25-17(20-12)14-6-4-7-15(10-14)21-18(24)22-16-8-5-9-19(16,3)11-23/h4,6-7,10,16,23H,5,8-9,11H2,1-3H3,(H2,21,22,24). The molecule has 0 radical (unpaired) electrons. The van der Waals surface area contributed by atoms with Crippen LogP contribution in [-0.4, -0.2) is 28.8 Å². The lowest BCUT2D eigenvalue weighted by atomic mass is 9.86. The summed E-state index contributed by atoms with van der Waals surface area (Å²) in [5.41, 5.74) is 2.10. The number of aliphatic hydroxyl groups is 1. The van der Waals surface area contributed by atoms with Crippen LogP contribution in [0.25, 0.3) is 11.5 Å². The number of urea groups is 1. The molecule has 2 aromatic rings. The normalized spacial score (nSPS) is 22.8. The van der Waals surface area contributed by atoms with E-state index in [4.69, 9.17) is 4.42 Å². The molecule has 0 saturated heterocycles. The molecule has 1 aromatic carbocycles. The number of hydrogen-bond donors (Lipinski definition) is 3. The molecule has 1 aromatic heterocycles. The van der Waals surface area contributed by atoms with Gasteiger partial charge >= 0.3 is 6.03 Å². The van der Waals surface area contributed by atoms with Crippen molar-refractivity contribution in [3.8, 4) is 11.5 Å². The molecule has 0 spiro atoms. The van der Waals surface area contributed by atoms with Crippen LogP contribution >= 0.6 is 0 Å². The summed E-state index contributed by atoms with van der Waals surface area (Å²) >= 11 is 0. The summed E-state index contributed by atoms with van der Waals surface area (Å²) in [7, 11) is 0. The van der Waals surface area contributed by atoms with Crippen molar-refractivity contribution in [3.63, 3.8) is 0 Å². The largest absolute Gasteiger partial charge is 0.441 e. The molecule has 25 heavy (non-hydrogen) atoms. The zero-order chi connectivity index (χ0) is 18.0. The van der Waals surface area contributed by atoms with Gasteiger partial charge in [0.1, 0.15) is 5.76 Å². The minimum absolute atomic E-state index is 0.0160. The molecule has 1 heterocycles. The van der Waals surface area contributed by atoms with E-state index < -0.39 is 0 Å². The molecule has 3 N–H and O–H groups in total. The molecule has 0 bridgehead atoms. The smallest absolute Gasteiger partial charge is 0.319 e. The van der Waals surface area contributed by atoms with Crippen LogP contribution in [0.5, 0.6) is 0 Å². The van der Waals surface area contributed by atoms with E-state index in [9.17, 15) is 9.90 Å². The Hall–Kier alpha value is -2.34. The summed E-state index contributed by atoms with van der Waals surface area (Å²) in [5, 5.41) is 15.4. The summed E-state index contributed by atoms with van der Waals surface area (Å²) in [6.45, 7) is 5.87. The van der Waals surface area contributed by atoms with Gasteiger partial charge in [0.2, 0.25) is 5.89 Å². The molecular formula is C19H25N3O3. The summed E-state index contributed by atoms with van der Waals surface area (Å²) in [6.07, 6.45) is 2.83.